The molecule has 7 heterocycles. The smallest absolute Gasteiger partial charge is 0.343 e. The lowest BCUT2D eigenvalue weighted by Crippen LogP contribution is -2.46. The number of unbranched alkanes of at least 4 members (excludes halogenated alkanes) is 3. The number of pyridine rings is 2. The third kappa shape index (κ3) is 10.1. The van der Waals surface area contributed by atoms with Crippen LogP contribution in [-0.4, -0.2) is 104 Å². The van der Waals surface area contributed by atoms with Crippen LogP contribution < -0.4 is 20.5 Å². The highest BCUT2D eigenvalue weighted by atomic mass is 35.5. The SMILES string of the molecule is CC[C@@]1(O)C(=O)OCc2c1cc1n(c2=O)Cc2cc3c(CN4CCN(CCCCCCC5CCN(c6ccc(C(=O)N[C@H]7CC[C@H](Oc8ccc(C#N)c(Cl)c8C)CC7)nn6)CC5)CC4)cccc3nc2-1. The summed E-state index contributed by atoms with van der Waals surface area (Å²) in [7, 11) is 0. The number of hydrogen-bond acceptors (Lipinski definition) is 13. The number of piperidine rings is 1. The van der Waals surface area contributed by atoms with E-state index in [4.69, 9.17) is 26.1 Å². The van der Waals surface area contributed by atoms with Crippen molar-refractivity contribution in [3.05, 3.63) is 109 Å². The Hall–Kier alpha value is -5.92. The first-order chi connectivity index (χ1) is 34.5. The molecule has 3 aromatic heterocycles. The summed E-state index contributed by atoms with van der Waals surface area (Å²) in [5.41, 5.74) is 4.57. The first kappa shape index (κ1) is 48.7. The molecule has 10 rings (SSSR count). The second kappa shape index (κ2) is 21.0. The molecular weight excluding hydrogens is 918 g/mol. The molecule has 71 heavy (non-hydrogen) atoms. The van der Waals surface area contributed by atoms with E-state index in [2.05, 4.69) is 54.5 Å². The molecule has 2 saturated heterocycles. The van der Waals surface area contributed by atoms with Gasteiger partial charge in [0.25, 0.3) is 11.5 Å². The van der Waals surface area contributed by atoms with E-state index in [0.29, 0.717) is 45.4 Å². The molecule has 1 atom stereocenters. The van der Waals surface area contributed by atoms with Crippen molar-refractivity contribution in [3.63, 3.8) is 0 Å². The molecule has 16 heteroatoms. The van der Waals surface area contributed by atoms with E-state index in [1.807, 2.05) is 25.1 Å². The van der Waals surface area contributed by atoms with Crippen molar-refractivity contribution in [1.82, 2.24) is 34.9 Å². The van der Waals surface area contributed by atoms with Gasteiger partial charge in [0.15, 0.2) is 17.1 Å². The fourth-order valence-corrected chi connectivity index (χ4v) is 11.6. The van der Waals surface area contributed by atoms with Crippen LogP contribution in [-0.2, 0) is 34.8 Å². The Labute approximate surface area is 420 Å². The molecule has 0 spiro atoms. The van der Waals surface area contributed by atoms with Crippen molar-refractivity contribution in [2.75, 3.05) is 50.7 Å². The Balaban J connectivity index is 0.606. The number of halogens is 1. The van der Waals surface area contributed by atoms with Gasteiger partial charge in [-0.3, -0.25) is 14.5 Å². The van der Waals surface area contributed by atoms with E-state index in [-0.39, 0.29) is 36.6 Å². The molecular formula is C55H64ClN9O6. The second-order valence-electron chi connectivity index (χ2n) is 20.3. The number of hydrogen-bond donors (Lipinski definition) is 2. The number of fused-ring (bicyclic) bond motifs is 5. The van der Waals surface area contributed by atoms with Crippen LogP contribution in [0.4, 0.5) is 5.82 Å². The van der Waals surface area contributed by atoms with E-state index in [9.17, 15) is 24.8 Å². The number of piperazine rings is 1. The average Bonchev–Trinajstić information content (AvgIpc) is 3.76. The summed E-state index contributed by atoms with van der Waals surface area (Å²) in [5, 5.41) is 33.9. The molecule has 0 unspecified atom stereocenters. The number of nitriles is 1. The topological polar surface area (TPSA) is 179 Å². The van der Waals surface area contributed by atoms with Crippen molar-refractivity contribution in [3.8, 4) is 23.2 Å². The number of rotatable bonds is 15. The van der Waals surface area contributed by atoms with Crippen molar-refractivity contribution in [2.24, 2.45) is 5.92 Å². The van der Waals surface area contributed by atoms with Crippen molar-refractivity contribution < 1.29 is 24.2 Å². The molecule has 0 bridgehead atoms. The lowest BCUT2D eigenvalue weighted by atomic mass is 9.86. The van der Waals surface area contributed by atoms with Crippen molar-refractivity contribution in [1.29, 1.82) is 5.26 Å². The number of carbonyl (C=O) groups excluding carboxylic acids is 2. The standard InChI is InChI=1S/C55H64ClN9O6/c1-3-55(69)44-30-47-51-39(33-65(47)53(67)43(44)34-70-54(55)68)29-42-38(10-8-11-45(42)59-51)32-63-27-25-62(26-28-63)22-7-5-4-6-9-36-20-23-64(24-21-36)49-19-17-46(60-61-49)52(66)58-40-13-15-41(16-14-40)71-48-18-12-37(31-57)50(56)35(48)2/h8,10-12,17-19,29-30,36,40-41,69H,3-7,9,13-16,20-28,32-34H2,1-2H3,(H,58,66)/t40-,41-,55-/m0/s1. The molecule has 5 aliphatic rings. The Bertz CT molecular complexity index is 2900. The first-order valence-electron chi connectivity index (χ1n) is 25.8. The molecule has 1 aliphatic carbocycles. The summed E-state index contributed by atoms with van der Waals surface area (Å²) in [6, 6.07) is 19.6. The van der Waals surface area contributed by atoms with Crippen LogP contribution in [0.2, 0.25) is 5.02 Å². The number of carbonyl (C=O) groups is 2. The van der Waals surface area contributed by atoms with E-state index in [0.717, 1.165) is 130 Å². The van der Waals surface area contributed by atoms with Gasteiger partial charge in [-0.15, -0.1) is 10.2 Å². The summed E-state index contributed by atoms with van der Waals surface area (Å²) >= 11 is 6.34. The minimum absolute atomic E-state index is 0.0311. The predicted octanol–water partition coefficient (Wildman–Crippen LogP) is 7.81. The first-order valence-corrected chi connectivity index (χ1v) is 26.2. The third-order valence-corrected chi connectivity index (χ3v) is 16.4. The molecule has 5 aromatic rings. The van der Waals surface area contributed by atoms with E-state index in [1.165, 1.54) is 37.7 Å². The molecule has 1 amide bonds. The second-order valence-corrected chi connectivity index (χ2v) is 20.7. The Kier molecular flexibility index (Phi) is 14.4. The fraction of sp³-hybridized carbons (Fsp3) is 0.509. The van der Waals surface area contributed by atoms with Crippen LogP contribution >= 0.6 is 11.6 Å². The number of nitrogens with one attached hydrogen (secondary N) is 1. The molecule has 0 radical (unpaired) electrons. The highest BCUT2D eigenvalue weighted by molar-refractivity contribution is 6.32. The lowest BCUT2D eigenvalue weighted by Gasteiger charge is -2.35. The van der Waals surface area contributed by atoms with Gasteiger partial charge in [0.05, 0.1) is 45.7 Å². The van der Waals surface area contributed by atoms with E-state index in [1.54, 1.807) is 29.7 Å². The van der Waals surface area contributed by atoms with Gasteiger partial charge < -0.3 is 34.3 Å². The summed E-state index contributed by atoms with van der Waals surface area (Å²) in [6.45, 7) is 11.9. The number of ether oxygens (including phenoxy) is 2. The maximum absolute atomic E-state index is 13.7. The quantitative estimate of drug-likeness (QED) is 0.0753. The van der Waals surface area contributed by atoms with Crippen LogP contribution in [0.15, 0.2) is 59.4 Å². The number of aromatic nitrogens is 4. The Morgan fingerprint density at radius 1 is 0.944 bits per heavy atom. The molecule has 15 nitrogen and oxygen atoms in total. The van der Waals surface area contributed by atoms with E-state index >= 15 is 0 Å². The van der Waals surface area contributed by atoms with Gasteiger partial charge in [-0.05, 0) is 119 Å². The zero-order chi connectivity index (χ0) is 49.2. The predicted molar refractivity (Wildman–Crippen MR) is 271 cm³/mol. The lowest BCUT2D eigenvalue weighted by molar-refractivity contribution is -0.172. The minimum atomic E-state index is -1.84. The number of amides is 1. The monoisotopic (exact) mass is 981 g/mol. The molecule has 2 aromatic carbocycles. The highest BCUT2D eigenvalue weighted by Crippen LogP contribution is 2.39. The summed E-state index contributed by atoms with van der Waals surface area (Å²) in [6.07, 6.45) is 12.0. The van der Waals surface area contributed by atoms with Crippen LogP contribution in [0, 0.1) is 24.2 Å². The normalized spacial score (nSPS) is 21.6. The Morgan fingerprint density at radius 3 is 2.46 bits per heavy atom. The highest BCUT2D eigenvalue weighted by Gasteiger charge is 2.45. The molecule has 2 N–H and O–H groups in total. The zero-order valence-corrected chi connectivity index (χ0v) is 41.7. The van der Waals surface area contributed by atoms with Gasteiger partial charge in [0, 0.05) is 73.9 Å². The number of cyclic esters (lactones) is 1. The van der Waals surface area contributed by atoms with Gasteiger partial charge in [-0.2, -0.15) is 5.26 Å². The average molecular weight is 983 g/mol. The molecule has 3 fully saturated rings. The largest absolute Gasteiger partial charge is 0.490 e. The maximum atomic E-state index is 13.7. The number of benzene rings is 2. The molecule has 4 aliphatic heterocycles. The van der Waals surface area contributed by atoms with E-state index < -0.39 is 11.6 Å². The Morgan fingerprint density at radius 2 is 1.72 bits per heavy atom. The molecule has 1 saturated carbocycles. The van der Waals surface area contributed by atoms with Crippen LogP contribution in [0.1, 0.15) is 128 Å². The zero-order valence-electron chi connectivity index (χ0n) is 40.9. The van der Waals surface area contributed by atoms with Crippen molar-refractivity contribution in [2.45, 2.75) is 128 Å². The molecule has 372 valence electrons. The third-order valence-electron chi connectivity index (χ3n) is 15.9. The summed E-state index contributed by atoms with van der Waals surface area (Å²) in [4.78, 5) is 51.8. The van der Waals surface area contributed by atoms with Crippen molar-refractivity contribution >= 4 is 40.2 Å². The number of anilines is 1. The number of nitrogens with zero attached hydrogens (tertiary/aromatic N) is 8. The van der Waals surface area contributed by atoms with Gasteiger partial charge >= 0.3 is 5.97 Å². The van der Waals surface area contributed by atoms with Crippen LogP contribution in [0.25, 0.3) is 22.3 Å². The van der Waals surface area contributed by atoms with Gasteiger partial charge in [-0.25, -0.2) is 9.78 Å². The fourth-order valence-electron chi connectivity index (χ4n) is 11.4. The van der Waals surface area contributed by atoms with Gasteiger partial charge in [-0.1, -0.05) is 56.3 Å². The van der Waals surface area contributed by atoms with Crippen LogP contribution in [0.5, 0.6) is 5.75 Å². The summed E-state index contributed by atoms with van der Waals surface area (Å²) in [5.74, 6) is 1.36. The number of aliphatic hydroxyl groups is 1. The maximum Gasteiger partial charge on any atom is 0.343 e. The minimum Gasteiger partial charge on any atom is -0.490 e. The van der Waals surface area contributed by atoms with Gasteiger partial charge in [0.2, 0.25) is 0 Å². The van der Waals surface area contributed by atoms with Crippen LogP contribution in [0.3, 0.4) is 0 Å². The number of esters is 1. The van der Waals surface area contributed by atoms with Gasteiger partial charge in [0.1, 0.15) is 18.4 Å². The summed E-state index contributed by atoms with van der Waals surface area (Å²) < 4.78 is 13.2.